The highest BCUT2D eigenvalue weighted by molar-refractivity contribution is 5.21. The van der Waals surface area contributed by atoms with E-state index < -0.39 is 0 Å². The van der Waals surface area contributed by atoms with E-state index in [9.17, 15) is 0 Å². The Hall–Kier alpha value is -0.980. The lowest BCUT2D eigenvalue weighted by Crippen LogP contribution is -2.39. The molecule has 2 aliphatic carbocycles. The average Bonchev–Trinajstić information content (AvgIpc) is 2.56. The maximum absolute atomic E-state index is 6.20. The summed E-state index contributed by atoms with van der Waals surface area (Å²) in [6.45, 7) is 0.946. The molecule has 0 amide bonds. The lowest BCUT2D eigenvalue weighted by atomic mass is 9.62. The first-order valence-corrected chi connectivity index (χ1v) is 8.57. The SMILES string of the molecule is c1ccc(OCC2(C3CCCCC3)CCCCC2)cc1. The summed E-state index contributed by atoms with van der Waals surface area (Å²) in [6.07, 6.45) is 14.3. The zero-order valence-electron chi connectivity index (χ0n) is 12.7. The highest BCUT2D eigenvalue weighted by atomic mass is 16.5. The van der Waals surface area contributed by atoms with E-state index in [0.717, 1.165) is 18.3 Å². The molecule has 2 saturated carbocycles. The van der Waals surface area contributed by atoms with Crippen molar-refractivity contribution in [1.29, 1.82) is 0 Å². The molecule has 110 valence electrons. The minimum Gasteiger partial charge on any atom is -0.493 e. The number of benzene rings is 1. The van der Waals surface area contributed by atoms with Gasteiger partial charge < -0.3 is 4.74 Å². The van der Waals surface area contributed by atoms with Crippen molar-refractivity contribution in [3.8, 4) is 5.75 Å². The molecule has 1 aromatic rings. The molecule has 0 spiro atoms. The van der Waals surface area contributed by atoms with Gasteiger partial charge in [0.15, 0.2) is 0 Å². The van der Waals surface area contributed by atoms with Gasteiger partial charge in [-0.15, -0.1) is 0 Å². The first kappa shape index (κ1) is 14.0. The predicted molar refractivity (Wildman–Crippen MR) is 84.0 cm³/mol. The smallest absolute Gasteiger partial charge is 0.119 e. The van der Waals surface area contributed by atoms with Crippen LogP contribution in [0.1, 0.15) is 64.2 Å². The quantitative estimate of drug-likeness (QED) is 0.693. The maximum atomic E-state index is 6.20. The third-order valence-corrected chi connectivity index (χ3v) is 5.59. The van der Waals surface area contributed by atoms with Crippen molar-refractivity contribution in [2.45, 2.75) is 64.2 Å². The predicted octanol–water partition coefficient (Wildman–Crippen LogP) is 5.60. The molecule has 0 aromatic heterocycles. The molecule has 1 heteroatoms. The lowest BCUT2D eigenvalue weighted by Gasteiger charge is -2.45. The first-order chi connectivity index (χ1) is 9.89. The summed E-state index contributed by atoms with van der Waals surface area (Å²) in [4.78, 5) is 0. The maximum Gasteiger partial charge on any atom is 0.119 e. The van der Waals surface area contributed by atoms with E-state index in [1.165, 1.54) is 64.2 Å². The van der Waals surface area contributed by atoms with Crippen molar-refractivity contribution in [2.75, 3.05) is 6.61 Å². The summed E-state index contributed by atoms with van der Waals surface area (Å²) in [5.74, 6) is 1.97. The second kappa shape index (κ2) is 6.65. The van der Waals surface area contributed by atoms with E-state index >= 15 is 0 Å². The van der Waals surface area contributed by atoms with Crippen molar-refractivity contribution in [1.82, 2.24) is 0 Å². The van der Waals surface area contributed by atoms with Gasteiger partial charge in [-0.1, -0.05) is 56.7 Å². The zero-order valence-corrected chi connectivity index (χ0v) is 12.7. The molecule has 0 radical (unpaired) electrons. The number of hydrogen-bond donors (Lipinski definition) is 0. The monoisotopic (exact) mass is 272 g/mol. The Balaban J connectivity index is 1.68. The van der Waals surface area contributed by atoms with E-state index in [-0.39, 0.29) is 0 Å². The van der Waals surface area contributed by atoms with Gasteiger partial charge in [-0.3, -0.25) is 0 Å². The Kier molecular flexibility index (Phi) is 4.65. The van der Waals surface area contributed by atoms with Gasteiger partial charge >= 0.3 is 0 Å². The Morgan fingerprint density at radius 2 is 1.50 bits per heavy atom. The fraction of sp³-hybridized carbons (Fsp3) is 0.684. The van der Waals surface area contributed by atoms with E-state index in [1.54, 1.807) is 0 Å². The van der Waals surface area contributed by atoms with E-state index in [1.807, 2.05) is 0 Å². The number of ether oxygens (including phenoxy) is 1. The first-order valence-electron chi connectivity index (χ1n) is 8.57. The lowest BCUT2D eigenvalue weighted by molar-refractivity contribution is 0.0164. The Morgan fingerprint density at radius 3 is 2.20 bits per heavy atom. The number of para-hydroxylation sites is 1. The number of rotatable bonds is 4. The van der Waals surface area contributed by atoms with Gasteiger partial charge in [-0.05, 0) is 43.7 Å². The van der Waals surface area contributed by atoms with Crippen molar-refractivity contribution in [3.63, 3.8) is 0 Å². The van der Waals surface area contributed by atoms with Gasteiger partial charge in [0.25, 0.3) is 0 Å². The molecular formula is C19H28O. The van der Waals surface area contributed by atoms with Gasteiger partial charge in [0.05, 0.1) is 6.61 Å². The summed E-state index contributed by atoms with van der Waals surface area (Å²) < 4.78 is 6.20. The van der Waals surface area contributed by atoms with E-state index in [4.69, 9.17) is 4.74 Å². The molecule has 0 N–H and O–H groups in total. The Morgan fingerprint density at radius 1 is 0.850 bits per heavy atom. The van der Waals surface area contributed by atoms with Crippen LogP contribution in [0.3, 0.4) is 0 Å². The van der Waals surface area contributed by atoms with Gasteiger partial charge in [0, 0.05) is 5.41 Å². The fourth-order valence-electron chi connectivity index (χ4n) is 4.39. The molecule has 0 atom stereocenters. The van der Waals surface area contributed by atoms with E-state index in [2.05, 4.69) is 30.3 Å². The summed E-state index contributed by atoms with van der Waals surface area (Å²) in [7, 11) is 0. The van der Waals surface area contributed by atoms with Crippen LogP contribution in [-0.2, 0) is 0 Å². The molecule has 0 saturated heterocycles. The molecule has 0 bridgehead atoms. The normalized spacial score (nSPS) is 23.4. The van der Waals surface area contributed by atoms with Crippen LogP contribution in [0.25, 0.3) is 0 Å². The van der Waals surface area contributed by atoms with Gasteiger partial charge in [0.2, 0.25) is 0 Å². The van der Waals surface area contributed by atoms with Crippen LogP contribution >= 0.6 is 0 Å². The standard InChI is InChI=1S/C19H28O/c1-4-10-17(11-5-1)19(14-8-3-9-15-19)16-20-18-12-6-2-7-13-18/h2,6-7,12-13,17H,1,3-5,8-11,14-16H2. The average molecular weight is 272 g/mol. The second-order valence-electron chi connectivity index (χ2n) is 6.86. The molecule has 1 nitrogen and oxygen atoms in total. The van der Waals surface area contributed by atoms with E-state index in [0.29, 0.717) is 5.41 Å². The molecule has 0 aliphatic heterocycles. The minimum absolute atomic E-state index is 0.481. The van der Waals surface area contributed by atoms with Crippen molar-refractivity contribution in [3.05, 3.63) is 30.3 Å². The highest BCUT2D eigenvalue weighted by Gasteiger charge is 2.40. The third-order valence-electron chi connectivity index (χ3n) is 5.59. The number of hydrogen-bond acceptors (Lipinski definition) is 1. The summed E-state index contributed by atoms with van der Waals surface area (Å²) in [5.41, 5.74) is 0.481. The summed E-state index contributed by atoms with van der Waals surface area (Å²) >= 11 is 0. The largest absolute Gasteiger partial charge is 0.493 e. The molecule has 0 unspecified atom stereocenters. The van der Waals surface area contributed by atoms with Crippen LogP contribution < -0.4 is 4.74 Å². The second-order valence-corrected chi connectivity index (χ2v) is 6.86. The van der Waals surface area contributed by atoms with Crippen LogP contribution in [0, 0.1) is 11.3 Å². The molecule has 2 aliphatic rings. The molecular weight excluding hydrogens is 244 g/mol. The molecule has 3 rings (SSSR count). The molecule has 1 aromatic carbocycles. The van der Waals surface area contributed by atoms with Crippen LogP contribution in [0.4, 0.5) is 0 Å². The fourth-order valence-corrected chi connectivity index (χ4v) is 4.39. The van der Waals surface area contributed by atoms with Crippen molar-refractivity contribution in [2.24, 2.45) is 11.3 Å². The van der Waals surface area contributed by atoms with Crippen LogP contribution in [0.2, 0.25) is 0 Å². The zero-order chi connectivity index (χ0) is 13.7. The van der Waals surface area contributed by atoms with Gasteiger partial charge in [-0.2, -0.15) is 0 Å². The van der Waals surface area contributed by atoms with Crippen molar-refractivity contribution >= 4 is 0 Å². The van der Waals surface area contributed by atoms with Gasteiger partial charge in [0.1, 0.15) is 5.75 Å². The highest BCUT2D eigenvalue weighted by Crippen LogP contribution is 2.48. The Bertz CT molecular complexity index is 385. The summed E-state index contributed by atoms with van der Waals surface area (Å²) in [6, 6.07) is 10.4. The van der Waals surface area contributed by atoms with Crippen molar-refractivity contribution < 1.29 is 4.74 Å². The summed E-state index contributed by atoms with van der Waals surface area (Å²) in [5, 5.41) is 0. The van der Waals surface area contributed by atoms with Gasteiger partial charge in [-0.25, -0.2) is 0 Å². The Labute approximate surface area is 123 Å². The van der Waals surface area contributed by atoms with Crippen LogP contribution in [0.15, 0.2) is 30.3 Å². The van der Waals surface area contributed by atoms with Crippen LogP contribution in [-0.4, -0.2) is 6.61 Å². The molecule has 0 heterocycles. The molecule has 2 fully saturated rings. The third kappa shape index (κ3) is 3.19. The minimum atomic E-state index is 0.481. The topological polar surface area (TPSA) is 9.23 Å². The van der Waals surface area contributed by atoms with Crippen LogP contribution in [0.5, 0.6) is 5.75 Å². The molecule has 20 heavy (non-hydrogen) atoms.